The molecule has 0 aliphatic heterocycles. The Labute approximate surface area is 155 Å². The first-order valence-electron chi connectivity index (χ1n) is 8.35. The van der Waals surface area contributed by atoms with Crippen molar-refractivity contribution in [1.29, 1.82) is 0 Å². The van der Waals surface area contributed by atoms with Crippen molar-refractivity contribution in [3.63, 3.8) is 0 Å². The summed E-state index contributed by atoms with van der Waals surface area (Å²) in [5.74, 6) is 1.01. The third-order valence-electron chi connectivity index (χ3n) is 4.12. The summed E-state index contributed by atoms with van der Waals surface area (Å²) in [6, 6.07) is 11.5. The lowest BCUT2D eigenvalue weighted by atomic mass is 10.1. The number of carbonyl (C=O) groups excluding carboxylic acids is 1. The van der Waals surface area contributed by atoms with Gasteiger partial charge in [-0.15, -0.1) is 0 Å². The second-order valence-corrected chi connectivity index (χ2v) is 5.97. The van der Waals surface area contributed by atoms with Gasteiger partial charge in [-0.3, -0.25) is 14.0 Å². The zero-order valence-electron chi connectivity index (χ0n) is 14.9. The number of anilines is 1. The Hall–Kier alpha value is -3.81. The average Bonchev–Trinajstić information content (AvgIpc) is 3.29. The molecule has 134 valence electrons. The molecule has 8 nitrogen and oxygen atoms in total. The van der Waals surface area contributed by atoms with Crippen LogP contribution in [-0.2, 0) is 7.05 Å². The second kappa shape index (κ2) is 6.83. The topological polar surface area (TPSA) is 90.5 Å². The predicted octanol–water partition coefficient (Wildman–Crippen LogP) is 2.62. The molecule has 4 rings (SSSR count). The van der Waals surface area contributed by atoms with Crippen LogP contribution in [0.3, 0.4) is 0 Å². The van der Waals surface area contributed by atoms with Gasteiger partial charge in [0.1, 0.15) is 11.5 Å². The molecule has 1 aromatic carbocycles. The number of benzene rings is 1. The van der Waals surface area contributed by atoms with Crippen molar-refractivity contribution in [1.82, 2.24) is 29.3 Å². The van der Waals surface area contributed by atoms with Crippen LogP contribution in [0, 0.1) is 6.92 Å². The van der Waals surface area contributed by atoms with Crippen molar-refractivity contribution in [2.45, 2.75) is 6.92 Å². The summed E-state index contributed by atoms with van der Waals surface area (Å²) in [4.78, 5) is 25.3. The normalized spacial score (nSPS) is 10.7. The Balaban J connectivity index is 1.53. The molecule has 0 spiro atoms. The number of carbonyl (C=O) groups is 1. The molecule has 1 amide bonds. The molecule has 3 aromatic heterocycles. The van der Waals surface area contributed by atoms with Crippen molar-refractivity contribution in [3.8, 4) is 17.2 Å². The lowest BCUT2D eigenvalue weighted by Crippen LogP contribution is -2.16. The van der Waals surface area contributed by atoms with E-state index in [4.69, 9.17) is 0 Å². The highest BCUT2D eigenvalue weighted by molar-refractivity contribution is 6.03. The molecular formula is C19H17N7O. The molecule has 0 saturated carbocycles. The van der Waals surface area contributed by atoms with Crippen LogP contribution in [-0.4, -0.2) is 35.2 Å². The minimum Gasteiger partial charge on any atom is -0.318 e. The fourth-order valence-electron chi connectivity index (χ4n) is 2.72. The quantitative estimate of drug-likeness (QED) is 0.605. The number of hydrogen-bond acceptors (Lipinski definition) is 5. The summed E-state index contributed by atoms with van der Waals surface area (Å²) in [7, 11) is 1.74. The lowest BCUT2D eigenvalue weighted by Gasteiger charge is -2.06. The van der Waals surface area contributed by atoms with Crippen molar-refractivity contribution in [2.24, 2.45) is 7.05 Å². The van der Waals surface area contributed by atoms with Crippen LogP contribution in [0.1, 0.15) is 16.3 Å². The molecule has 0 fully saturated rings. The fraction of sp³-hybridized carbons (Fsp3) is 0.105. The SMILES string of the molecule is Cc1nccn1-c1ncc(NC(=O)c2cc(-c3ccccc3)nn2C)cn1. The second-order valence-electron chi connectivity index (χ2n) is 5.97. The molecule has 8 heteroatoms. The molecule has 1 N–H and O–H groups in total. The van der Waals surface area contributed by atoms with Gasteiger partial charge in [-0.2, -0.15) is 5.10 Å². The number of aryl methyl sites for hydroxylation is 2. The van der Waals surface area contributed by atoms with Crippen LogP contribution in [0.2, 0.25) is 0 Å². The Morgan fingerprint density at radius 1 is 1.07 bits per heavy atom. The van der Waals surface area contributed by atoms with Crippen molar-refractivity contribution in [2.75, 3.05) is 5.32 Å². The summed E-state index contributed by atoms with van der Waals surface area (Å²) in [6.45, 7) is 1.87. The minimum absolute atomic E-state index is 0.276. The minimum atomic E-state index is -0.276. The third kappa shape index (κ3) is 3.32. The smallest absolute Gasteiger partial charge is 0.274 e. The first-order valence-corrected chi connectivity index (χ1v) is 8.35. The first kappa shape index (κ1) is 16.6. The molecule has 0 atom stereocenters. The van der Waals surface area contributed by atoms with Gasteiger partial charge < -0.3 is 5.32 Å². The average molecular weight is 359 g/mol. The Morgan fingerprint density at radius 2 is 1.81 bits per heavy atom. The van der Waals surface area contributed by atoms with E-state index in [1.165, 1.54) is 0 Å². The number of aromatic nitrogens is 6. The standard InChI is InChI=1S/C19H17N7O/c1-13-20-8-9-26(13)19-21-11-15(12-22-19)23-18(27)17-10-16(24-25(17)2)14-6-4-3-5-7-14/h3-12H,1-2H3,(H,23,27). The molecule has 0 unspecified atom stereocenters. The van der Waals surface area contributed by atoms with Gasteiger partial charge in [0.25, 0.3) is 5.91 Å². The van der Waals surface area contributed by atoms with E-state index in [-0.39, 0.29) is 5.91 Å². The summed E-state index contributed by atoms with van der Waals surface area (Å²) >= 11 is 0. The first-order chi connectivity index (χ1) is 13.1. The largest absolute Gasteiger partial charge is 0.318 e. The maximum atomic E-state index is 12.6. The van der Waals surface area contributed by atoms with Crippen LogP contribution in [0.15, 0.2) is 61.2 Å². The highest BCUT2D eigenvalue weighted by atomic mass is 16.2. The molecule has 0 aliphatic rings. The Bertz CT molecular complexity index is 1080. The zero-order valence-corrected chi connectivity index (χ0v) is 14.9. The molecule has 0 radical (unpaired) electrons. The van der Waals surface area contributed by atoms with E-state index in [9.17, 15) is 4.79 Å². The number of nitrogens with zero attached hydrogens (tertiary/aromatic N) is 6. The molecule has 0 bridgehead atoms. The fourth-order valence-corrected chi connectivity index (χ4v) is 2.72. The summed E-state index contributed by atoms with van der Waals surface area (Å²) < 4.78 is 3.32. The van der Waals surface area contributed by atoms with Crippen LogP contribution < -0.4 is 5.32 Å². The van der Waals surface area contributed by atoms with Crippen LogP contribution >= 0.6 is 0 Å². The number of rotatable bonds is 4. The van der Waals surface area contributed by atoms with Crippen molar-refractivity contribution < 1.29 is 4.79 Å². The van der Waals surface area contributed by atoms with Crippen LogP contribution in [0.25, 0.3) is 17.2 Å². The molecule has 3 heterocycles. The van der Waals surface area contributed by atoms with Gasteiger partial charge in [-0.1, -0.05) is 30.3 Å². The Kier molecular flexibility index (Phi) is 4.21. The monoisotopic (exact) mass is 359 g/mol. The zero-order chi connectivity index (χ0) is 18.8. The van der Waals surface area contributed by atoms with E-state index in [0.29, 0.717) is 17.3 Å². The predicted molar refractivity (Wildman–Crippen MR) is 100 cm³/mol. The van der Waals surface area contributed by atoms with E-state index in [1.54, 1.807) is 47.2 Å². The van der Waals surface area contributed by atoms with E-state index in [1.807, 2.05) is 37.3 Å². The van der Waals surface area contributed by atoms with Crippen molar-refractivity contribution in [3.05, 3.63) is 72.7 Å². The summed E-state index contributed by atoms with van der Waals surface area (Å²) in [5.41, 5.74) is 2.65. The van der Waals surface area contributed by atoms with Crippen LogP contribution in [0.5, 0.6) is 0 Å². The van der Waals surface area contributed by atoms with Crippen molar-refractivity contribution >= 4 is 11.6 Å². The lowest BCUT2D eigenvalue weighted by molar-refractivity contribution is 0.101. The molecule has 0 saturated heterocycles. The van der Waals surface area contributed by atoms with E-state index in [0.717, 1.165) is 17.1 Å². The molecule has 27 heavy (non-hydrogen) atoms. The van der Waals surface area contributed by atoms with Gasteiger partial charge in [0.05, 0.1) is 23.8 Å². The highest BCUT2D eigenvalue weighted by Gasteiger charge is 2.15. The number of hydrogen-bond donors (Lipinski definition) is 1. The summed E-state index contributed by atoms with van der Waals surface area (Å²) in [5, 5.41) is 7.22. The highest BCUT2D eigenvalue weighted by Crippen LogP contribution is 2.19. The van der Waals surface area contributed by atoms with E-state index in [2.05, 4.69) is 25.4 Å². The van der Waals surface area contributed by atoms with Gasteiger partial charge in [-0.25, -0.2) is 15.0 Å². The number of imidazole rings is 1. The molecule has 4 aromatic rings. The Morgan fingerprint density at radius 3 is 2.48 bits per heavy atom. The van der Waals surface area contributed by atoms with Crippen LogP contribution in [0.4, 0.5) is 5.69 Å². The number of nitrogens with one attached hydrogen (secondary N) is 1. The maximum Gasteiger partial charge on any atom is 0.274 e. The van der Waals surface area contributed by atoms with Gasteiger partial charge in [-0.05, 0) is 13.0 Å². The van der Waals surface area contributed by atoms with Gasteiger partial charge in [0.2, 0.25) is 5.95 Å². The van der Waals surface area contributed by atoms with E-state index < -0.39 is 0 Å². The van der Waals surface area contributed by atoms with Gasteiger partial charge in [0, 0.05) is 25.0 Å². The summed E-state index contributed by atoms with van der Waals surface area (Å²) in [6.07, 6.45) is 6.59. The molecular weight excluding hydrogens is 342 g/mol. The molecule has 0 aliphatic carbocycles. The van der Waals surface area contributed by atoms with E-state index >= 15 is 0 Å². The van der Waals surface area contributed by atoms with Gasteiger partial charge >= 0.3 is 0 Å². The van der Waals surface area contributed by atoms with Gasteiger partial charge in [0.15, 0.2) is 0 Å². The number of amides is 1. The third-order valence-corrected chi connectivity index (χ3v) is 4.12. The maximum absolute atomic E-state index is 12.6.